The van der Waals surface area contributed by atoms with Crippen molar-refractivity contribution in [2.45, 2.75) is 13.3 Å². The van der Waals surface area contributed by atoms with Crippen LogP contribution < -0.4 is 0 Å². The molecule has 0 radical (unpaired) electrons. The zero-order valence-corrected chi connectivity index (χ0v) is 7.59. The molecule has 0 heterocycles. The summed E-state index contributed by atoms with van der Waals surface area (Å²) in [6.07, 6.45) is -0.949. The third kappa shape index (κ3) is 11.8. The Morgan fingerprint density at radius 3 is 1.27 bits per heavy atom. The van der Waals surface area contributed by atoms with Gasteiger partial charge in [0, 0.05) is 6.92 Å². The summed E-state index contributed by atoms with van der Waals surface area (Å²) >= 11 is 0. The Balaban J connectivity index is 0. The summed E-state index contributed by atoms with van der Waals surface area (Å²) < 4.78 is 0. The van der Waals surface area contributed by atoms with Gasteiger partial charge < -0.3 is 15.3 Å². The van der Waals surface area contributed by atoms with Crippen molar-refractivity contribution in [1.29, 1.82) is 0 Å². The normalized spacial score (nSPS) is 8.07. The molecule has 0 aromatic heterocycles. The summed E-state index contributed by atoms with van der Waals surface area (Å²) in [4.78, 5) is 48.1. The summed E-state index contributed by atoms with van der Waals surface area (Å²) in [5.74, 6) is -6.65. The van der Waals surface area contributed by atoms with E-state index < -0.39 is 35.9 Å². The van der Waals surface area contributed by atoms with E-state index in [9.17, 15) is 24.0 Å². The maximum Gasteiger partial charge on any atom is 0.372 e. The first kappa shape index (κ1) is 15.2. The summed E-state index contributed by atoms with van der Waals surface area (Å²) in [5, 5.41) is 23.3. The van der Waals surface area contributed by atoms with Crippen LogP contribution in [0.3, 0.4) is 0 Å². The van der Waals surface area contributed by atoms with Gasteiger partial charge >= 0.3 is 17.9 Å². The van der Waals surface area contributed by atoms with Crippen LogP contribution in [-0.2, 0) is 24.0 Å². The summed E-state index contributed by atoms with van der Waals surface area (Å²) in [6, 6.07) is 0. The molecule has 0 fully saturated rings. The van der Waals surface area contributed by atoms with Gasteiger partial charge in [-0.2, -0.15) is 0 Å². The molecule has 0 saturated heterocycles. The van der Waals surface area contributed by atoms with Crippen LogP contribution in [0.2, 0.25) is 0 Å². The number of ketones is 2. The number of aliphatic carboxylic acids is 3. The molecule has 0 amide bonds. The molecule has 0 spiro atoms. The molecule has 0 bridgehead atoms. The van der Waals surface area contributed by atoms with Crippen molar-refractivity contribution < 1.29 is 39.3 Å². The second-order valence-electron chi connectivity index (χ2n) is 2.16. The lowest BCUT2D eigenvalue weighted by Crippen LogP contribution is -2.16. The van der Waals surface area contributed by atoms with Gasteiger partial charge in [0.05, 0.1) is 0 Å². The highest BCUT2D eigenvalue weighted by atomic mass is 16.4. The van der Waals surface area contributed by atoms with Crippen molar-refractivity contribution in [2.75, 3.05) is 0 Å². The Bertz CT molecular complexity index is 290. The van der Waals surface area contributed by atoms with Gasteiger partial charge in [-0.15, -0.1) is 0 Å². The second kappa shape index (κ2) is 7.18. The number of hydrogen-bond donors (Lipinski definition) is 3. The van der Waals surface area contributed by atoms with Gasteiger partial charge in [-0.25, -0.2) is 9.59 Å². The van der Waals surface area contributed by atoms with Crippen molar-refractivity contribution in [2.24, 2.45) is 0 Å². The third-order valence-electron chi connectivity index (χ3n) is 0.851. The molecule has 84 valence electrons. The van der Waals surface area contributed by atoms with Crippen LogP contribution in [0.4, 0.5) is 0 Å². The lowest BCUT2D eigenvalue weighted by atomic mass is 10.3. The number of carboxylic acids is 3. The number of carboxylic acid groups (broad SMARTS) is 3. The fourth-order valence-corrected chi connectivity index (χ4v) is 0.213. The molecule has 0 rings (SSSR count). The van der Waals surface area contributed by atoms with Crippen LogP contribution in [-0.4, -0.2) is 44.8 Å². The van der Waals surface area contributed by atoms with E-state index in [0.717, 1.165) is 6.92 Å². The molecule has 0 atom stereocenters. The van der Waals surface area contributed by atoms with Gasteiger partial charge in [0.25, 0.3) is 5.78 Å². The lowest BCUT2D eigenvalue weighted by molar-refractivity contribution is -0.152. The summed E-state index contributed by atoms with van der Waals surface area (Å²) in [7, 11) is 0. The minimum Gasteiger partial charge on any atom is -0.481 e. The molecular weight excluding hydrogens is 212 g/mol. The van der Waals surface area contributed by atoms with Crippen LogP contribution in [0, 0.1) is 0 Å². The Morgan fingerprint density at radius 2 is 1.20 bits per heavy atom. The quantitative estimate of drug-likeness (QED) is 0.394. The highest BCUT2D eigenvalue weighted by molar-refractivity contribution is 6.35. The first-order valence-electron chi connectivity index (χ1n) is 3.40. The zero-order chi connectivity index (χ0) is 12.6. The molecular formula is C7H8O8. The minimum atomic E-state index is -1.71. The lowest BCUT2D eigenvalue weighted by Gasteiger charge is -1.85. The fourth-order valence-electron chi connectivity index (χ4n) is 0.213. The molecule has 3 N–H and O–H groups in total. The van der Waals surface area contributed by atoms with Crippen molar-refractivity contribution in [3.05, 3.63) is 0 Å². The van der Waals surface area contributed by atoms with E-state index in [1.54, 1.807) is 0 Å². The maximum atomic E-state index is 9.97. The van der Waals surface area contributed by atoms with Crippen LogP contribution in [0.25, 0.3) is 0 Å². The predicted molar refractivity (Wildman–Crippen MR) is 43.2 cm³/mol. The molecule has 8 heteroatoms. The van der Waals surface area contributed by atoms with Crippen molar-refractivity contribution in [1.82, 2.24) is 0 Å². The van der Waals surface area contributed by atoms with E-state index in [2.05, 4.69) is 0 Å². The van der Waals surface area contributed by atoms with Gasteiger partial charge in [0.15, 0.2) is 0 Å². The number of hydrogen-bond acceptors (Lipinski definition) is 5. The minimum absolute atomic E-state index is 0.824. The topological polar surface area (TPSA) is 146 Å². The standard InChI is InChI=1S/C4H4O5.C3H4O3/c5-2(4(8)9)1-3(6)7;1-2(4)3(5)6/h1H2,(H,6,7)(H,8,9);1H3,(H,5,6). The van der Waals surface area contributed by atoms with Gasteiger partial charge in [-0.05, 0) is 0 Å². The summed E-state index contributed by atoms with van der Waals surface area (Å²) in [5.41, 5.74) is 0. The highest BCUT2D eigenvalue weighted by Gasteiger charge is 2.14. The van der Waals surface area contributed by atoms with Crippen LogP contribution in [0.1, 0.15) is 13.3 Å². The second-order valence-corrected chi connectivity index (χ2v) is 2.16. The molecule has 15 heavy (non-hydrogen) atoms. The van der Waals surface area contributed by atoms with E-state index in [1.807, 2.05) is 0 Å². The third-order valence-corrected chi connectivity index (χ3v) is 0.851. The monoisotopic (exact) mass is 220 g/mol. The summed E-state index contributed by atoms with van der Waals surface area (Å²) in [6.45, 7) is 1.00. The molecule has 0 aliphatic carbocycles. The highest BCUT2D eigenvalue weighted by Crippen LogP contribution is 1.81. The number of carbonyl (C=O) groups is 5. The largest absolute Gasteiger partial charge is 0.481 e. The molecule has 8 nitrogen and oxygen atoms in total. The van der Waals surface area contributed by atoms with Crippen molar-refractivity contribution in [3.63, 3.8) is 0 Å². The molecule has 0 saturated carbocycles. The zero-order valence-electron chi connectivity index (χ0n) is 7.59. The first-order valence-corrected chi connectivity index (χ1v) is 3.40. The van der Waals surface area contributed by atoms with E-state index in [0.29, 0.717) is 0 Å². The average molecular weight is 220 g/mol. The Kier molecular flexibility index (Phi) is 7.29. The Hall–Kier alpha value is -2.25. The predicted octanol–water partition coefficient (Wildman–Crippen LogP) is -1.23. The van der Waals surface area contributed by atoms with E-state index in [1.165, 1.54) is 0 Å². The smallest absolute Gasteiger partial charge is 0.372 e. The van der Waals surface area contributed by atoms with Crippen LogP contribution >= 0.6 is 0 Å². The average Bonchev–Trinajstić information content (AvgIpc) is 2.03. The number of Topliss-reactive ketones (excluding diaryl/α,β-unsaturated/α-hetero) is 2. The van der Waals surface area contributed by atoms with E-state index in [-0.39, 0.29) is 0 Å². The van der Waals surface area contributed by atoms with Gasteiger partial charge in [-0.1, -0.05) is 0 Å². The molecule has 0 aromatic rings. The SMILES string of the molecule is CC(=O)C(=O)O.O=C(O)CC(=O)C(=O)O. The van der Waals surface area contributed by atoms with Gasteiger partial charge in [0.2, 0.25) is 5.78 Å². The Morgan fingerprint density at radius 1 is 0.867 bits per heavy atom. The van der Waals surface area contributed by atoms with E-state index >= 15 is 0 Å². The molecule has 0 aromatic carbocycles. The number of carbonyl (C=O) groups excluding carboxylic acids is 2. The van der Waals surface area contributed by atoms with Crippen LogP contribution in [0.5, 0.6) is 0 Å². The van der Waals surface area contributed by atoms with E-state index in [4.69, 9.17) is 15.3 Å². The maximum absolute atomic E-state index is 9.97. The fraction of sp³-hybridized carbons (Fsp3) is 0.286. The molecule has 0 unspecified atom stereocenters. The number of rotatable bonds is 4. The Labute approximate surface area is 83.1 Å². The van der Waals surface area contributed by atoms with Crippen molar-refractivity contribution >= 4 is 29.5 Å². The van der Waals surface area contributed by atoms with Crippen LogP contribution in [0.15, 0.2) is 0 Å². The first-order chi connectivity index (χ1) is 6.68. The van der Waals surface area contributed by atoms with Gasteiger partial charge in [-0.3, -0.25) is 14.4 Å². The molecule has 0 aliphatic rings. The van der Waals surface area contributed by atoms with Gasteiger partial charge in [0.1, 0.15) is 6.42 Å². The van der Waals surface area contributed by atoms with Crippen molar-refractivity contribution in [3.8, 4) is 0 Å². The molecule has 0 aliphatic heterocycles.